The van der Waals surface area contributed by atoms with Gasteiger partial charge in [-0.05, 0) is 38.4 Å². The first-order chi connectivity index (χ1) is 9.72. The summed E-state index contributed by atoms with van der Waals surface area (Å²) in [6, 6.07) is 3.95. The zero-order valence-electron chi connectivity index (χ0n) is 13.2. The number of likely N-dealkylation sites (N-methyl/N-ethyl adjacent to an activating group) is 1. The van der Waals surface area contributed by atoms with Crippen molar-refractivity contribution < 1.29 is 4.79 Å². The molecule has 0 spiro atoms. The van der Waals surface area contributed by atoms with Crippen molar-refractivity contribution in [3.63, 3.8) is 0 Å². The van der Waals surface area contributed by atoms with Gasteiger partial charge in [-0.3, -0.25) is 4.79 Å². The van der Waals surface area contributed by atoms with Crippen molar-refractivity contribution in [2.75, 3.05) is 31.1 Å². The fourth-order valence-electron chi connectivity index (χ4n) is 2.52. The summed E-state index contributed by atoms with van der Waals surface area (Å²) in [5, 5.41) is 6.26. The van der Waals surface area contributed by atoms with Gasteiger partial charge in [0, 0.05) is 31.9 Å². The van der Waals surface area contributed by atoms with E-state index in [4.69, 9.17) is 0 Å². The molecule has 1 aliphatic rings. The van der Waals surface area contributed by atoms with Gasteiger partial charge in [-0.1, -0.05) is 6.92 Å². The number of carbonyl (C=O) groups is 1. The molecule has 0 bridgehead atoms. The minimum absolute atomic E-state index is 0. The van der Waals surface area contributed by atoms with Crippen molar-refractivity contribution in [1.29, 1.82) is 0 Å². The lowest BCUT2D eigenvalue weighted by molar-refractivity contribution is 0.0950. The molecule has 1 saturated heterocycles. The third kappa shape index (κ3) is 5.63. The quantitative estimate of drug-likeness (QED) is 0.827. The Morgan fingerprint density at radius 1 is 1.36 bits per heavy atom. The second-order valence-corrected chi connectivity index (χ2v) is 5.24. The Labute approximate surface area is 145 Å². The predicted molar refractivity (Wildman–Crippen MR) is 95.7 cm³/mol. The zero-order chi connectivity index (χ0) is 14.4. The maximum absolute atomic E-state index is 12.3. The molecule has 1 aromatic rings. The Kier molecular flexibility index (Phi) is 10.1. The van der Waals surface area contributed by atoms with Crippen LogP contribution in [0.3, 0.4) is 0 Å². The summed E-state index contributed by atoms with van der Waals surface area (Å²) in [4.78, 5) is 18.9. The lowest BCUT2D eigenvalue weighted by Crippen LogP contribution is -2.39. The number of rotatable bonds is 6. The van der Waals surface area contributed by atoms with Crippen LogP contribution in [0.2, 0.25) is 0 Å². The van der Waals surface area contributed by atoms with E-state index in [-0.39, 0.29) is 36.8 Å². The van der Waals surface area contributed by atoms with Gasteiger partial charge in [0.2, 0.25) is 0 Å². The van der Waals surface area contributed by atoms with Crippen LogP contribution in [-0.4, -0.2) is 43.1 Å². The second kappa shape index (κ2) is 10.6. The third-order valence-corrected chi connectivity index (χ3v) is 3.56. The number of hydrogen-bond donors (Lipinski definition) is 2. The van der Waals surface area contributed by atoms with Crippen LogP contribution in [0, 0.1) is 0 Å². The minimum atomic E-state index is -0.0373. The van der Waals surface area contributed by atoms with E-state index in [1.54, 1.807) is 6.20 Å². The van der Waals surface area contributed by atoms with E-state index in [0.29, 0.717) is 12.1 Å². The maximum Gasteiger partial charge on any atom is 0.255 e. The van der Waals surface area contributed by atoms with Crippen molar-refractivity contribution >= 4 is 36.5 Å². The topological polar surface area (TPSA) is 57.3 Å². The highest BCUT2D eigenvalue weighted by Crippen LogP contribution is 2.21. The molecular weight excluding hydrogens is 323 g/mol. The van der Waals surface area contributed by atoms with E-state index in [1.807, 2.05) is 12.1 Å². The number of hydrogen-bond acceptors (Lipinski definition) is 4. The van der Waals surface area contributed by atoms with Gasteiger partial charge in [0.25, 0.3) is 5.91 Å². The van der Waals surface area contributed by atoms with Gasteiger partial charge in [-0.2, -0.15) is 0 Å². The molecule has 0 radical (unpaired) electrons. The Balaban J connectivity index is 0.00000220. The summed E-state index contributed by atoms with van der Waals surface area (Å²) in [5.41, 5.74) is 0.679. The Bertz CT molecular complexity index is 453. The predicted octanol–water partition coefficient (Wildman–Crippen LogP) is 2.25. The molecule has 126 valence electrons. The van der Waals surface area contributed by atoms with Gasteiger partial charge in [-0.25, -0.2) is 4.98 Å². The van der Waals surface area contributed by atoms with Crippen molar-refractivity contribution in [3.05, 3.63) is 23.9 Å². The highest BCUT2D eigenvalue weighted by Gasteiger charge is 2.20. The molecule has 2 heterocycles. The Morgan fingerprint density at radius 2 is 2.05 bits per heavy atom. The number of nitrogens with zero attached hydrogens (tertiary/aromatic N) is 2. The molecule has 22 heavy (non-hydrogen) atoms. The monoisotopic (exact) mass is 348 g/mol. The molecule has 2 rings (SSSR count). The van der Waals surface area contributed by atoms with E-state index < -0.39 is 0 Å². The van der Waals surface area contributed by atoms with E-state index in [1.165, 1.54) is 12.8 Å². The van der Waals surface area contributed by atoms with Crippen LogP contribution < -0.4 is 15.5 Å². The number of amides is 1. The van der Waals surface area contributed by atoms with Crippen LogP contribution in [0.25, 0.3) is 0 Å². The summed E-state index contributed by atoms with van der Waals surface area (Å²) in [6.45, 7) is 7.64. The first-order valence-corrected chi connectivity index (χ1v) is 7.44. The third-order valence-electron chi connectivity index (χ3n) is 3.56. The van der Waals surface area contributed by atoms with Crippen molar-refractivity contribution in [1.82, 2.24) is 15.6 Å². The van der Waals surface area contributed by atoms with Crippen LogP contribution in [-0.2, 0) is 0 Å². The van der Waals surface area contributed by atoms with Gasteiger partial charge in [0.05, 0.1) is 5.56 Å². The highest BCUT2D eigenvalue weighted by atomic mass is 35.5. The molecule has 0 aliphatic carbocycles. The first-order valence-electron chi connectivity index (χ1n) is 7.44. The average molecular weight is 349 g/mol. The van der Waals surface area contributed by atoms with E-state index in [2.05, 4.69) is 34.4 Å². The smallest absolute Gasteiger partial charge is 0.255 e. The normalized spacial score (nSPS) is 14.7. The van der Waals surface area contributed by atoms with E-state index >= 15 is 0 Å². The largest absolute Gasteiger partial charge is 0.356 e. The summed E-state index contributed by atoms with van der Waals surface area (Å²) < 4.78 is 0. The first kappa shape index (κ1) is 21.0. The minimum Gasteiger partial charge on any atom is -0.356 e. The molecular formula is C15H26Cl2N4O. The average Bonchev–Trinajstić information content (AvgIpc) is 2.99. The van der Waals surface area contributed by atoms with Gasteiger partial charge in [0.15, 0.2) is 0 Å². The van der Waals surface area contributed by atoms with Gasteiger partial charge in [-0.15, -0.1) is 24.8 Å². The summed E-state index contributed by atoms with van der Waals surface area (Å²) in [7, 11) is 0. The summed E-state index contributed by atoms with van der Waals surface area (Å²) in [6.07, 6.45) is 4.11. The lowest BCUT2D eigenvalue weighted by atomic mass is 10.2. The van der Waals surface area contributed by atoms with E-state index in [0.717, 1.165) is 25.5 Å². The maximum atomic E-state index is 12.3. The van der Waals surface area contributed by atoms with Crippen LogP contribution in [0.1, 0.15) is 37.0 Å². The summed E-state index contributed by atoms with van der Waals surface area (Å²) >= 11 is 0. The Hall–Kier alpha value is -1.04. The standard InChI is InChI=1S/C15H24N4O.2ClH/c1-3-16-12(2)11-18-15(20)13-7-6-8-17-14(13)19-9-4-5-10-19;;/h6-8,12,16H,3-5,9-11H2,1-2H3,(H,18,20);2*1H/t12-;;/m1../s1. The number of pyridine rings is 1. The molecule has 1 aliphatic heterocycles. The summed E-state index contributed by atoms with van der Waals surface area (Å²) in [5.74, 6) is 0.781. The SMILES string of the molecule is CCN[C@H](C)CNC(=O)c1cccnc1N1CCCC1.Cl.Cl. The molecule has 1 amide bonds. The van der Waals surface area contributed by atoms with Crippen LogP contribution in [0.4, 0.5) is 5.82 Å². The molecule has 2 N–H and O–H groups in total. The lowest BCUT2D eigenvalue weighted by Gasteiger charge is -2.20. The van der Waals surface area contributed by atoms with Gasteiger partial charge >= 0.3 is 0 Å². The molecule has 1 fully saturated rings. The number of nitrogens with one attached hydrogen (secondary N) is 2. The van der Waals surface area contributed by atoms with E-state index in [9.17, 15) is 4.79 Å². The van der Waals surface area contributed by atoms with Crippen LogP contribution in [0.15, 0.2) is 18.3 Å². The fourth-order valence-corrected chi connectivity index (χ4v) is 2.52. The molecule has 1 atom stereocenters. The molecule has 7 heteroatoms. The fraction of sp³-hybridized carbons (Fsp3) is 0.600. The molecule has 1 aromatic heterocycles. The molecule has 0 unspecified atom stereocenters. The highest BCUT2D eigenvalue weighted by molar-refractivity contribution is 5.98. The number of aromatic nitrogens is 1. The van der Waals surface area contributed by atoms with Crippen LogP contribution in [0.5, 0.6) is 0 Å². The van der Waals surface area contributed by atoms with Crippen molar-refractivity contribution in [2.45, 2.75) is 32.7 Å². The molecule has 0 saturated carbocycles. The zero-order valence-corrected chi connectivity index (χ0v) is 14.8. The Morgan fingerprint density at radius 3 is 2.68 bits per heavy atom. The number of halogens is 2. The molecule has 5 nitrogen and oxygen atoms in total. The second-order valence-electron chi connectivity index (χ2n) is 5.24. The van der Waals surface area contributed by atoms with Crippen molar-refractivity contribution in [3.8, 4) is 0 Å². The molecule has 0 aromatic carbocycles. The van der Waals surface area contributed by atoms with Gasteiger partial charge in [0.1, 0.15) is 5.82 Å². The number of carbonyl (C=O) groups excluding carboxylic acids is 1. The van der Waals surface area contributed by atoms with Crippen LogP contribution >= 0.6 is 24.8 Å². The van der Waals surface area contributed by atoms with Gasteiger partial charge < -0.3 is 15.5 Å². The number of anilines is 1. The van der Waals surface area contributed by atoms with Crippen molar-refractivity contribution in [2.24, 2.45) is 0 Å².